The fourth-order valence-corrected chi connectivity index (χ4v) is 3.06. The molecule has 0 heterocycles. The van der Waals surface area contributed by atoms with E-state index < -0.39 is 0 Å². The smallest absolute Gasteiger partial charge is 0.226 e. The molecular formula is C21H26N2O2. The van der Waals surface area contributed by atoms with E-state index >= 15 is 0 Å². The van der Waals surface area contributed by atoms with Crippen LogP contribution in [0.2, 0.25) is 0 Å². The van der Waals surface area contributed by atoms with Crippen LogP contribution in [0.1, 0.15) is 23.5 Å². The lowest BCUT2D eigenvalue weighted by molar-refractivity contribution is -0.131. The van der Waals surface area contributed by atoms with Crippen LogP contribution in [-0.4, -0.2) is 38.0 Å². The molecule has 1 amide bonds. The second kappa shape index (κ2) is 8.17. The number of carbonyl (C=O) groups excluding carboxylic acids is 1. The molecule has 2 aromatic carbocycles. The van der Waals surface area contributed by atoms with Crippen molar-refractivity contribution in [3.05, 3.63) is 65.7 Å². The summed E-state index contributed by atoms with van der Waals surface area (Å²) in [5, 5.41) is 3.08. The Morgan fingerprint density at radius 3 is 2.56 bits per heavy atom. The molecule has 25 heavy (non-hydrogen) atoms. The first-order valence-electron chi connectivity index (χ1n) is 8.85. The van der Waals surface area contributed by atoms with Crippen molar-refractivity contribution in [2.24, 2.45) is 5.92 Å². The Hall–Kier alpha value is -2.33. The highest BCUT2D eigenvalue weighted by atomic mass is 16.5. The average Bonchev–Trinajstić information content (AvgIpc) is 3.46. The molecule has 4 heteroatoms. The minimum Gasteiger partial charge on any atom is -0.489 e. The zero-order chi connectivity index (χ0) is 17.6. The molecule has 132 valence electrons. The van der Waals surface area contributed by atoms with Gasteiger partial charge in [0.25, 0.3) is 0 Å². The van der Waals surface area contributed by atoms with E-state index in [9.17, 15) is 4.79 Å². The van der Waals surface area contributed by atoms with Gasteiger partial charge in [-0.15, -0.1) is 0 Å². The van der Waals surface area contributed by atoms with Crippen molar-refractivity contribution in [3.63, 3.8) is 0 Å². The molecule has 0 aliphatic heterocycles. The Bertz CT molecular complexity index is 685. The number of carbonyl (C=O) groups is 1. The number of rotatable bonds is 8. The molecule has 2 unspecified atom stereocenters. The Morgan fingerprint density at radius 2 is 1.88 bits per heavy atom. The zero-order valence-electron chi connectivity index (χ0n) is 14.9. The molecule has 0 saturated heterocycles. The average molecular weight is 338 g/mol. The summed E-state index contributed by atoms with van der Waals surface area (Å²) in [5.74, 6) is 1.61. The molecule has 1 fully saturated rings. The third kappa shape index (κ3) is 4.60. The summed E-state index contributed by atoms with van der Waals surface area (Å²) in [7, 11) is 3.79. The summed E-state index contributed by atoms with van der Waals surface area (Å²) in [4.78, 5) is 14.2. The fourth-order valence-electron chi connectivity index (χ4n) is 3.06. The van der Waals surface area contributed by atoms with Gasteiger partial charge in [0.1, 0.15) is 12.4 Å². The number of amides is 1. The van der Waals surface area contributed by atoms with E-state index in [1.54, 1.807) is 0 Å². The predicted molar refractivity (Wildman–Crippen MR) is 99.6 cm³/mol. The van der Waals surface area contributed by atoms with E-state index in [0.717, 1.165) is 30.8 Å². The zero-order valence-corrected chi connectivity index (χ0v) is 14.9. The van der Waals surface area contributed by atoms with Crippen LogP contribution in [-0.2, 0) is 11.4 Å². The highest BCUT2D eigenvalue weighted by Gasteiger charge is 2.44. The summed E-state index contributed by atoms with van der Waals surface area (Å²) in [5.41, 5.74) is 2.39. The molecule has 2 atom stereocenters. The number of benzene rings is 2. The summed E-state index contributed by atoms with van der Waals surface area (Å²) in [6.45, 7) is 2.15. The summed E-state index contributed by atoms with van der Waals surface area (Å²) in [6, 6.07) is 18.3. The van der Waals surface area contributed by atoms with E-state index in [1.807, 2.05) is 49.3 Å². The lowest BCUT2D eigenvalue weighted by Crippen LogP contribution is -2.34. The molecule has 0 bridgehead atoms. The van der Waals surface area contributed by atoms with Gasteiger partial charge in [0, 0.05) is 26.1 Å². The van der Waals surface area contributed by atoms with Gasteiger partial charge in [-0.3, -0.25) is 4.79 Å². The maximum absolute atomic E-state index is 12.4. The SMILES string of the molecule is CNCCN(C)C(=O)C1CC1c1ccc(OCc2ccccc2)cc1. The Labute approximate surface area is 149 Å². The highest BCUT2D eigenvalue weighted by molar-refractivity contribution is 5.82. The van der Waals surface area contributed by atoms with Crippen molar-refractivity contribution < 1.29 is 9.53 Å². The van der Waals surface area contributed by atoms with E-state index in [2.05, 4.69) is 29.6 Å². The van der Waals surface area contributed by atoms with Crippen LogP contribution in [0.3, 0.4) is 0 Å². The number of hydrogen-bond donors (Lipinski definition) is 1. The first-order chi connectivity index (χ1) is 12.2. The topological polar surface area (TPSA) is 41.6 Å². The van der Waals surface area contributed by atoms with Crippen molar-refractivity contribution in [1.29, 1.82) is 0 Å². The van der Waals surface area contributed by atoms with Gasteiger partial charge in [0.15, 0.2) is 0 Å². The van der Waals surface area contributed by atoms with Gasteiger partial charge in [0.05, 0.1) is 0 Å². The molecule has 0 aromatic heterocycles. The van der Waals surface area contributed by atoms with E-state index in [0.29, 0.717) is 12.5 Å². The van der Waals surface area contributed by atoms with Gasteiger partial charge in [-0.05, 0) is 42.6 Å². The second-order valence-corrected chi connectivity index (χ2v) is 6.66. The molecule has 4 nitrogen and oxygen atoms in total. The molecule has 0 radical (unpaired) electrons. The Kier molecular flexibility index (Phi) is 5.71. The van der Waals surface area contributed by atoms with Crippen LogP contribution in [0.5, 0.6) is 5.75 Å². The lowest BCUT2D eigenvalue weighted by atomic mass is 10.1. The minimum absolute atomic E-state index is 0.137. The standard InChI is InChI=1S/C21H26N2O2/c1-22-12-13-23(2)21(24)20-14-19(20)17-8-10-18(11-9-17)25-15-16-6-4-3-5-7-16/h3-11,19-20,22H,12-15H2,1-2H3. The van der Waals surface area contributed by atoms with Crippen molar-refractivity contribution in [2.45, 2.75) is 18.9 Å². The summed E-state index contributed by atoms with van der Waals surface area (Å²) in [6.07, 6.45) is 0.951. The number of likely N-dealkylation sites (N-methyl/N-ethyl adjacent to an activating group) is 2. The second-order valence-electron chi connectivity index (χ2n) is 6.66. The normalized spacial score (nSPS) is 18.6. The first kappa shape index (κ1) is 17.5. The largest absolute Gasteiger partial charge is 0.489 e. The van der Waals surface area contributed by atoms with Crippen molar-refractivity contribution >= 4 is 5.91 Å². The molecular weight excluding hydrogens is 312 g/mol. The van der Waals surface area contributed by atoms with Crippen LogP contribution in [0, 0.1) is 5.92 Å². The van der Waals surface area contributed by atoms with Gasteiger partial charge in [-0.1, -0.05) is 42.5 Å². The van der Waals surface area contributed by atoms with Gasteiger partial charge in [-0.2, -0.15) is 0 Å². The third-order valence-corrected chi connectivity index (χ3v) is 4.74. The molecule has 1 aliphatic carbocycles. The number of nitrogens with one attached hydrogen (secondary N) is 1. The van der Waals surface area contributed by atoms with Crippen LogP contribution >= 0.6 is 0 Å². The molecule has 2 aromatic rings. The van der Waals surface area contributed by atoms with Gasteiger partial charge in [0.2, 0.25) is 5.91 Å². The molecule has 1 aliphatic rings. The van der Waals surface area contributed by atoms with Gasteiger partial charge < -0.3 is 15.0 Å². The first-order valence-corrected chi connectivity index (χ1v) is 8.85. The molecule has 1 N–H and O–H groups in total. The van der Waals surface area contributed by atoms with Crippen LogP contribution in [0.15, 0.2) is 54.6 Å². The number of ether oxygens (including phenoxy) is 1. The Balaban J connectivity index is 1.51. The van der Waals surface area contributed by atoms with E-state index in [1.165, 1.54) is 5.56 Å². The third-order valence-electron chi connectivity index (χ3n) is 4.74. The van der Waals surface area contributed by atoms with Gasteiger partial charge in [-0.25, -0.2) is 0 Å². The van der Waals surface area contributed by atoms with Crippen molar-refractivity contribution in [3.8, 4) is 5.75 Å². The van der Waals surface area contributed by atoms with Crippen LogP contribution in [0.25, 0.3) is 0 Å². The van der Waals surface area contributed by atoms with Crippen LogP contribution in [0.4, 0.5) is 0 Å². The van der Waals surface area contributed by atoms with Crippen molar-refractivity contribution in [1.82, 2.24) is 10.2 Å². The fraction of sp³-hybridized carbons (Fsp3) is 0.381. The molecule has 3 rings (SSSR count). The summed E-state index contributed by atoms with van der Waals surface area (Å²) < 4.78 is 5.82. The maximum atomic E-state index is 12.4. The molecule has 1 saturated carbocycles. The summed E-state index contributed by atoms with van der Waals surface area (Å²) >= 11 is 0. The molecule has 0 spiro atoms. The lowest BCUT2D eigenvalue weighted by Gasteiger charge is -2.17. The van der Waals surface area contributed by atoms with Gasteiger partial charge >= 0.3 is 0 Å². The maximum Gasteiger partial charge on any atom is 0.226 e. The number of hydrogen-bond acceptors (Lipinski definition) is 3. The van der Waals surface area contributed by atoms with E-state index in [4.69, 9.17) is 4.74 Å². The Morgan fingerprint density at radius 1 is 1.16 bits per heavy atom. The minimum atomic E-state index is 0.137. The quantitative estimate of drug-likeness (QED) is 0.804. The monoisotopic (exact) mass is 338 g/mol. The number of nitrogens with zero attached hydrogens (tertiary/aromatic N) is 1. The predicted octanol–water partition coefficient (Wildman–Crippen LogP) is 3.05. The highest BCUT2D eigenvalue weighted by Crippen LogP contribution is 2.48. The van der Waals surface area contributed by atoms with Crippen molar-refractivity contribution in [2.75, 3.05) is 27.2 Å². The van der Waals surface area contributed by atoms with E-state index in [-0.39, 0.29) is 11.8 Å². The van der Waals surface area contributed by atoms with Crippen LogP contribution < -0.4 is 10.1 Å².